The minimum Gasteiger partial charge on any atom is -0.491 e. The molecule has 0 saturated heterocycles. The van der Waals surface area contributed by atoms with Crippen LogP contribution in [0.4, 0.5) is 13.2 Å². The smallest absolute Gasteiger partial charge is 0.422 e. The summed E-state index contributed by atoms with van der Waals surface area (Å²) in [5.41, 5.74) is -0.123. The number of alkyl halides is 3. The molecule has 4 aromatic rings. The van der Waals surface area contributed by atoms with Gasteiger partial charge in [-0.3, -0.25) is 0 Å². The van der Waals surface area contributed by atoms with Crippen LogP contribution in [0.3, 0.4) is 0 Å². The highest BCUT2D eigenvalue weighted by Crippen LogP contribution is 2.43. The van der Waals surface area contributed by atoms with Crippen molar-refractivity contribution in [3.05, 3.63) is 59.7 Å². The maximum atomic E-state index is 14.0. The summed E-state index contributed by atoms with van der Waals surface area (Å²) in [6, 6.07) is 12.7. The molecule has 2 aliphatic rings. The number of hydrogen-bond donors (Lipinski definition) is 2. The van der Waals surface area contributed by atoms with E-state index in [9.17, 15) is 18.3 Å². The van der Waals surface area contributed by atoms with Gasteiger partial charge in [0.25, 0.3) is 5.89 Å². The Kier molecular flexibility index (Phi) is 6.86. The van der Waals surface area contributed by atoms with E-state index in [1.165, 1.54) is 44.2 Å². The minimum absolute atomic E-state index is 0.0502. The summed E-state index contributed by atoms with van der Waals surface area (Å²) in [4.78, 5) is 4.15. The predicted molar refractivity (Wildman–Crippen MR) is 134 cm³/mol. The van der Waals surface area contributed by atoms with Crippen LogP contribution in [0.15, 0.2) is 57.6 Å². The van der Waals surface area contributed by atoms with Gasteiger partial charge in [-0.05, 0) is 31.4 Å². The van der Waals surface area contributed by atoms with Gasteiger partial charge in [-0.1, -0.05) is 72.0 Å². The molecule has 6 rings (SSSR count). The number of rotatable bonds is 6. The highest BCUT2D eigenvalue weighted by molar-refractivity contribution is 5.71. The Morgan fingerprint density at radius 3 is 2.51 bits per heavy atom. The van der Waals surface area contributed by atoms with E-state index in [1.807, 2.05) is 0 Å². The number of hydrogen-bond acceptors (Lipinski definition) is 8. The average molecular weight is 541 g/mol. The molecule has 2 aromatic carbocycles. The lowest BCUT2D eigenvalue weighted by atomic mass is 9.88. The summed E-state index contributed by atoms with van der Waals surface area (Å²) in [7, 11) is 0. The Morgan fingerprint density at radius 2 is 1.74 bits per heavy atom. The molecule has 1 saturated carbocycles. The Labute approximate surface area is 222 Å². The average Bonchev–Trinajstić information content (AvgIpc) is 3.62. The molecule has 1 aliphatic heterocycles. The van der Waals surface area contributed by atoms with Crippen LogP contribution in [0, 0.1) is 5.92 Å². The van der Waals surface area contributed by atoms with E-state index in [0.29, 0.717) is 22.8 Å². The maximum absolute atomic E-state index is 14.0. The SMILES string of the molecule is O[C@H]1c2ccc(-c3noc(-c4onc(-c5ccccc5)c4C(F)(F)F)n3)cc2OC[C@@H]1NCC1CCCCC1. The largest absolute Gasteiger partial charge is 0.491 e. The van der Waals surface area contributed by atoms with Crippen molar-refractivity contribution in [1.82, 2.24) is 20.6 Å². The zero-order valence-corrected chi connectivity index (χ0v) is 20.9. The lowest BCUT2D eigenvalue weighted by Gasteiger charge is -2.33. The fraction of sp³-hybridized carbons (Fsp3) is 0.393. The van der Waals surface area contributed by atoms with Crippen molar-refractivity contribution in [1.29, 1.82) is 0 Å². The zero-order valence-electron chi connectivity index (χ0n) is 20.9. The standard InChI is InChI=1S/C28H27F3N4O4/c29-28(30,31)22-23(17-9-5-2-6-10-17)34-38-25(22)27-33-26(35-39-27)18-11-12-19-21(13-18)37-15-20(24(19)36)32-14-16-7-3-1-4-8-16/h2,5-6,9-13,16,20,24,32,36H,1,3-4,7-8,14-15H2/t20-,24-/m0/s1. The number of aliphatic hydroxyl groups excluding tert-OH is 1. The lowest BCUT2D eigenvalue weighted by molar-refractivity contribution is -0.136. The second-order valence-electron chi connectivity index (χ2n) is 10.0. The van der Waals surface area contributed by atoms with E-state index < -0.39 is 29.5 Å². The van der Waals surface area contributed by atoms with E-state index in [0.717, 1.165) is 6.54 Å². The molecule has 2 aromatic heterocycles. The van der Waals surface area contributed by atoms with E-state index in [4.69, 9.17) is 13.8 Å². The molecular weight excluding hydrogens is 513 g/mol. The summed E-state index contributed by atoms with van der Waals surface area (Å²) in [6.45, 7) is 1.13. The Hall–Kier alpha value is -3.70. The molecule has 204 valence electrons. The summed E-state index contributed by atoms with van der Waals surface area (Å²) in [6.07, 6.45) is 0.674. The number of nitrogens with zero attached hydrogens (tertiary/aromatic N) is 3. The fourth-order valence-corrected chi connectivity index (χ4v) is 5.34. The first kappa shape index (κ1) is 25.6. The van der Waals surface area contributed by atoms with Crippen LogP contribution in [0.25, 0.3) is 34.3 Å². The van der Waals surface area contributed by atoms with Crippen molar-refractivity contribution < 1.29 is 32.1 Å². The van der Waals surface area contributed by atoms with Crippen LogP contribution >= 0.6 is 0 Å². The van der Waals surface area contributed by atoms with Crippen LogP contribution in [0.2, 0.25) is 0 Å². The van der Waals surface area contributed by atoms with E-state index in [2.05, 4.69) is 20.6 Å². The molecule has 0 unspecified atom stereocenters. The zero-order chi connectivity index (χ0) is 27.0. The molecule has 1 fully saturated rings. The molecule has 0 amide bonds. The normalized spacial score (nSPS) is 20.0. The topological polar surface area (TPSA) is 106 Å². The molecular formula is C28H27F3N4O4. The second-order valence-corrected chi connectivity index (χ2v) is 10.0. The van der Waals surface area contributed by atoms with Gasteiger partial charge in [-0.25, -0.2) is 0 Å². The third-order valence-corrected chi connectivity index (χ3v) is 7.43. The molecule has 2 atom stereocenters. The van der Waals surface area contributed by atoms with Gasteiger partial charge in [0.05, 0.1) is 6.04 Å². The summed E-state index contributed by atoms with van der Waals surface area (Å²) in [5, 5.41) is 21.9. The van der Waals surface area contributed by atoms with Crippen molar-refractivity contribution in [3.63, 3.8) is 0 Å². The number of halogens is 3. The number of nitrogens with one attached hydrogen (secondary N) is 1. The van der Waals surface area contributed by atoms with Crippen molar-refractivity contribution >= 4 is 0 Å². The Morgan fingerprint density at radius 1 is 0.949 bits per heavy atom. The van der Waals surface area contributed by atoms with Crippen molar-refractivity contribution in [2.24, 2.45) is 5.92 Å². The first-order chi connectivity index (χ1) is 18.9. The Bertz CT molecular complexity index is 1430. The van der Waals surface area contributed by atoms with E-state index >= 15 is 0 Å². The van der Waals surface area contributed by atoms with Gasteiger partial charge in [-0.2, -0.15) is 18.2 Å². The van der Waals surface area contributed by atoms with Gasteiger partial charge < -0.3 is 24.2 Å². The molecule has 1 aliphatic carbocycles. The van der Waals surface area contributed by atoms with Gasteiger partial charge in [0, 0.05) is 16.7 Å². The van der Waals surface area contributed by atoms with Crippen molar-refractivity contribution in [2.75, 3.05) is 13.2 Å². The molecule has 0 radical (unpaired) electrons. The summed E-state index contributed by atoms with van der Waals surface area (Å²) >= 11 is 0. The van der Waals surface area contributed by atoms with Crippen LogP contribution in [-0.4, -0.2) is 39.6 Å². The highest BCUT2D eigenvalue weighted by Gasteiger charge is 2.43. The van der Waals surface area contributed by atoms with Gasteiger partial charge in [0.15, 0.2) is 0 Å². The summed E-state index contributed by atoms with van der Waals surface area (Å²) in [5.74, 6) is 0.0285. The number of fused-ring (bicyclic) bond motifs is 1. The number of ether oxygens (including phenoxy) is 1. The summed E-state index contributed by atoms with van der Waals surface area (Å²) < 4.78 is 58.2. The quantitative estimate of drug-likeness (QED) is 0.305. The van der Waals surface area contributed by atoms with Crippen LogP contribution in [0.1, 0.15) is 49.3 Å². The first-order valence-corrected chi connectivity index (χ1v) is 13.0. The Balaban J connectivity index is 1.22. The van der Waals surface area contributed by atoms with Crippen LogP contribution in [-0.2, 0) is 6.18 Å². The first-order valence-electron chi connectivity index (χ1n) is 13.0. The minimum atomic E-state index is -4.77. The van der Waals surface area contributed by atoms with Crippen molar-refractivity contribution in [3.8, 4) is 40.0 Å². The highest BCUT2D eigenvalue weighted by atomic mass is 19.4. The van der Waals surface area contributed by atoms with E-state index in [1.54, 1.807) is 36.4 Å². The third kappa shape index (κ3) is 5.16. The van der Waals surface area contributed by atoms with Gasteiger partial charge in [0.2, 0.25) is 11.6 Å². The molecule has 11 heteroatoms. The number of aliphatic hydroxyl groups is 1. The van der Waals surface area contributed by atoms with Gasteiger partial charge in [0.1, 0.15) is 29.7 Å². The fourth-order valence-electron chi connectivity index (χ4n) is 5.34. The second kappa shape index (κ2) is 10.5. The molecule has 39 heavy (non-hydrogen) atoms. The maximum Gasteiger partial charge on any atom is 0.422 e. The van der Waals surface area contributed by atoms with Gasteiger partial charge >= 0.3 is 6.18 Å². The molecule has 2 N–H and O–H groups in total. The predicted octanol–water partition coefficient (Wildman–Crippen LogP) is 6.04. The van der Waals surface area contributed by atoms with Crippen LogP contribution in [0.5, 0.6) is 5.75 Å². The molecule has 8 nitrogen and oxygen atoms in total. The third-order valence-electron chi connectivity index (χ3n) is 7.43. The monoisotopic (exact) mass is 540 g/mol. The molecule has 0 bridgehead atoms. The lowest BCUT2D eigenvalue weighted by Crippen LogP contribution is -2.44. The number of benzene rings is 2. The van der Waals surface area contributed by atoms with E-state index in [-0.39, 0.29) is 29.7 Å². The molecule has 3 heterocycles. The van der Waals surface area contributed by atoms with Gasteiger partial charge in [-0.15, -0.1) is 0 Å². The van der Waals surface area contributed by atoms with Crippen LogP contribution < -0.4 is 10.1 Å². The van der Waals surface area contributed by atoms with Crippen molar-refractivity contribution in [2.45, 2.75) is 50.4 Å². The molecule has 0 spiro atoms. The number of aromatic nitrogens is 3.